The zero-order chi connectivity index (χ0) is 11.2. The Morgan fingerprint density at radius 3 is 3.12 bits per heavy atom. The van der Waals surface area contributed by atoms with Gasteiger partial charge in [0.25, 0.3) is 0 Å². The van der Waals surface area contributed by atoms with Crippen molar-refractivity contribution in [1.29, 1.82) is 0 Å². The molecule has 0 amide bonds. The average Bonchev–Trinajstić information content (AvgIpc) is 2.91. The fourth-order valence-corrected chi connectivity index (χ4v) is 1.58. The van der Waals surface area contributed by atoms with Gasteiger partial charge in [0.05, 0.1) is 17.7 Å². The minimum absolute atomic E-state index is 0.716. The van der Waals surface area contributed by atoms with Gasteiger partial charge in [-0.25, -0.2) is 4.98 Å². The largest absolute Gasteiger partial charge is 0.364 e. The second-order valence-electron chi connectivity index (χ2n) is 3.67. The predicted molar refractivity (Wildman–Crippen MR) is 59.6 cm³/mol. The molecule has 0 bridgehead atoms. The van der Waals surface area contributed by atoms with Crippen LogP contribution in [-0.2, 0) is 19.6 Å². The van der Waals surface area contributed by atoms with Crippen molar-refractivity contribution in [2.45, 2.75) is 33.0 Å². The lowest BCUT2D eigenvalue weighted by atomic mass is 10.4. The summed E-state index contributed by atoms with van der Waals surface area (Å²) in [6.07, 6.45) is 6.47. The van der Waals surface area contributed by atoms with Gasteiger partial charge >= 0.3 is 0 Å². The van der Waals surface area contributed by atoms with E-state index in [1.54, 1.807) is 6.26 Å². The molecule has 0 aliphatic heterocycles. The zero-order valence-corrected chi connectivity index (χ0v) is 9.39. The molecule has 0 fully saturated rings. The summed E-state index contributed by atoms with van der Waals surface area (Å²) in [7, 11) is 0. The second kappa shape index (κ2) is 5.46. The first kappa shape index (κ1) is 10.9. The van der Waals surface area contributed by atoms with Crippen LogP contribution in [0.5, 0.6) is 0 Å². The summed E-state index contributed by atoms with van der Waals surface area (Å²) in [5, 5.41) is 7.14. The molecule has 16 heavy (non-hydrogen) atoms. The van der Waals surface area contributed by atoms with E-state index in [0.29, 0.717) is 6.54 Å². The van der Waals surface area contributed by atoms with Crippen LogP contribution < -0.4 is 5.32 Å². The van der Waals surface area contributed by atoms with E-state index in [0.717, 1.165) is 25.2 Å². The first-order valence-electron chi connectivity index (χ1n) is 5.49. The van der Waals surface area contributed by atoms with Crippen molar-refractivity contribution < 1.29 is 4.52 Å². The molecule has 5 heteroatoms. The first-order chi connectivity index (χ1) is 7.90. The second-order valence-corrected chi connectivity index (χ2v) is 3.67. The van der Waals surface area contributed by atoms with Gasteiger partial charge in [-0.3, -0.25) is 0 Å². The van der Waals surface area contributed by atoms with E-state index in [1.807, 2.05) is 18.6 Å². The Balaban J connectivity index is 1.82. The molecule has 0 aliphatic carbocycles. The molecule has 0 spiro atoms. The molecule has 86 valence electrons. The summed E-state index contributed by atoms with van der Waals surface area (Å²) in [6, 6.07) is 1.86. The molecule has 0 radical (unpaired) electrons. The summed E-state index contributed by atoms with van der Waals surface area (Å²) < 4.78 is 6.92. The third kappa shape index (κ3) is 2.70. The lowest BCUT2D eigenvalue weighted by Gasteiger charge is -2.06. The van der Waals surface area contributed by atoms with Gasteiger partial charge in [-0.15, -0.1) is 0 Å². The maximum Gasteiger partial charge on any atom is 0.124 e. The van der Waals surface area contributed by atoms with Crippen molar-refractivity contribution >= 4 is 0 Å². The van der Waals surface area contributed by atoms with Gasteiger partial charge in [0.1, 0.15) is 6.26 Å². The maximum atomic E-state index is 4.76. The molecule has 2 aromatic heterocycles. The predicted octanol–water partition coefficient (Wildman–Crippen LogP) is 1.57. The van der Waals surface area contributed by atoms with E-state index < -0.39 is 0 Å². The summed E-state index contributed by atoms with van der Waals surface area (Å²) in [4.78, 5) is 4.15. The SMILES string of the molecule is CCCn1cncc1CNCc1ccon1. The normalized spacial score (nSPS) is 10.8. The quantitative estimate of drug-likeness (QED) is 0.802. The number of imidazole rings is 1. The van der Waals surface area contributed by atoms with E-state index in [4.69, 9.17) is 4.52 Å². The molecule has 1 N–H and O–H groups in total. The molecule has 0 atom stereocenters. The summed E-state index contributed by atoms with van der Waals surface area (Å²) in [6.45, 7) is 4.69. The molecule has 0 aromatic carbocycles. The van der Waals surface area contributed by atoms with Crippen molar-refractivity contribution in [2.75, 3.05) is 0 Å². The van der Waals surface area contributed by atoms with Gasteiger partial charge in [-0.2, -0.15) is 0 Å². The maximum absolute atomic E-state index is 4.76. The highest BCUT2D eigenvalue weighted by Gasteiger charge is 2.01. The van der Waals surface area contributed by atoms with Crippen LogP contribution in [0.15, 0.2) is 29.4 Å². The van der Waals surface area contributed by atoms with Crippen molar-refractivity contribution in [1.82, 2.24) is 20.0 Å². The van der Waals surface area contributed by atoms with Crippen LogP contribution >= 0.6 is 0 Å². The van der Waals surface area contributed by atoms with Crippen molar-refractivity contribution in [2.24, 2.45) is 0 Å². The van der Waals surface area contributed by atoms with Gasteiger partial charge in [0.15, 0.2) is 0 Å². The molecule has 0 unspecified atom stereocenters. The highest BCUT2D eigenvalue weighted by Crippen LogP contribution is 2.01. The minimum Gasteiger partial charge on any atom is -0.364 e. The van der Waals surface area contributed by atoms with Crippen LogP contribution in [0, 0.1) is 0 Å². The molecule has 0 saturated heterocycles. The molecular weight excluding hydrogens is 204 g/mol. The van der Waals surface area contributed by atoms with Crippen LogP contribution in [0.4, 0.5) is 0 Å². The highest BCUT2D eigenvalue weighted by atomic mass is 16.5. The van der Waals surface area contributed by atoms with Crippen LogP contribution in [-0.4, -0.2) is 14.7 Å². The Labute approximate surface area is 94.5 Å². The third-order valence-corrected chi connectivity index (χ3v) is 2.37. The van der Waals surface area contributed by atoms with Gasteiger partial charge in [0, 0.05) is 31.9 Å². The number of nitrogens with zero attached hydrogens (tertiary/aromatic N) is 3. The van der Waals surface area contributed by atoms with E-state index in [2.05, 4.69) is 26.9 Å². The molecule has 0 saturated carbocycles. The zero-order valence-electron chi connectivity index (χ0n) is 9.39. The van der Waals surface area contributed by atoms with Crippen LogP contribution in [0.2, 0.25) is 0 Å². The summed E-state index contributed by atoms with van der Waals surface area (Å²) >= 11 is 0. The van der Waals surface area contributed by atoms with E-state index >= 15 is 0 Å². The van der Waals surface area contributed by atoms with Crippen molar-refractivity contribution in [3.8, 4) is 0 Å². The molecule has 2 heterocycles. The fraction of sp³-hybridized carbons (Fsp3) is 0.455. The van der Waals surface area contributed by atoms with Crippen LogP contribution in [0.3, 0.4) is 0 Å². The van der Waals surface area contributed by atoms with Gasteiger partial charge in [-0.05, 0) is 6.42 Å². The molecule has 2 rings (SSSR count). The topological polar surface area (TPSA) is 55.9 Å². The minimum atomic E-state index is 0.716. The van der Waals surface area contributed by atoms with Crippen LogP contribution in [0.25, 0.3) is 0 Å². The lowest BCUT2D eigenvalue weighted by molar-refractivity contribution is 0.408. The molecule has 5 nitrogen and oxygen atoms in total. The number of hydrogen-bond donors (Lipinski definition) is 1. The first-order valence-corrected chi connectivity index (χ1v) is 5.49. The lowest BCUT2D eigenvalue weighted by Crippen LogP contribution is -2.15. The van der Waals surface area contributed by atoms with Crippen LogP contribution in [0.1, 0.15) is 24.7 Å². The molecule has 2 aromatic rings. The summed E-state index contributed by atoms with van der Waals surface area (Å²) in [5.41, 5.74) is 2.12. The Morgan fingerprint density at radius 2 is 2.38 bits per heavy atom. The third-order valence-electron chi connectivity index (χ3n) is 2.37. The van der Waals surface area contributed by atoms with E-state index in [1.165, 1.54) is 5.69 Å². The number of hydrogen-bond acceptors (Lipinski definition) is 4. The highest BCUT2D eigenvalue weighted by molar-refractivity contribution is 4.99. The Bertz CT molecular complexity index is 407. The number of nitrogens with one attached hydrogen (secondary N) is 1. The monoisotopic (exact) mass is 220 g/mol. The Hall–Kier alpha value is -1.62. The molecule has 0 aliphatic rings. The molecular formula is C11H16N4O. The van der Waals surface area contributed by atoms with Gasteiger partial charge in [0.2, 0.25) is 0 Å². The van der Waals surface area contributed by atoms with Gasteiger partial charge in [-0.1, -0.05) is 12.1 Å². The Morgan fingerprint density at radius 1 is 1.44 bits per heavy atom. The number of aryl methyl sites for hydroxylation is 1. The van der Waals surface area contributed by atoms with E-state index in [-0.39, 0.29) is 0 Å². The van der Waals surface area contributed by atoms with E-state index in [9.17, 15) is 0 Å². The summed E-state index contributed by atoms with van der Waals surface area (Å²) in [5.74, 6) is 0. The van der Waals surface area contributed by atoms with Crippen molar-refractivity contribution in [3.05, 3.63) is 36.2 Å². The smallest absolute Gasteiger partial charge is 0.124 e. The number of rotatable bonds is 6. The standard InChI is InChI=1S/C11H16N4O/c1-2-4-15-9-13-8-11(15)7-12-6-10-3-5-16-14-10/h3,5,8-9,12H,2,4,6-7H2,1H3. The van der Waals surface area contributed by atoms with Crippen molar-refractivity contribution in [3.63, 3.8) is 0 Å². The average molecular weight is 220 g/mol. The Kier molecular flexibility index (Phi) is 3.71. The van der Waals surface area contributed by atoms with Gasteiger partial charge < -0.3 is 14.4 Å². The number of aromatic nitrogens is 3. The fourth-order valence-electron chi connectivity index (χ4n) is 1.58.